The zero-order valence-electron chi connectivity index (χ0n) is 15.6. The van der Waals surface area contributed by atoms with E-state index in [0.717, 1.165) is 25.2 Å². The van der Waals surface area contributed by atoms with Crippen LogP contribution in [0.5, 0.6) is 11.8 Å². The minimum atomic E-state index is -0.240. The van der Waals surface area contributed by atoms with Crippen molar-refractivity contribution in [2.75, 3.05) is 38.8 Å². The summed E-state index contributed by atoms with van der Waals surface area (Å²) in [6, 6.07) is 4.84. The smallest absolute Gasteiger partial charge is 0.268 e. The third kappa shape index (κ3) is 4.18. The highest BCUT2D eigenvalue weighted by Crippen LogP contribution is 2.23. The number of nitrogens with one attached hydrogen (secondary N) is 1. The highest BCUT2D eigenvalue weighted by molar-refractivity contribution is 5.96. The summed E-state index contributed by atoms with van der Waals surface area (Å²) >= 11 is 0. The molecule has 0 aromatic carbocycles. The predicted molar refractivity (Wildman–Crippen MR) is 99.5 cm³/mol. The highest BCUT2D eigenvalue weighted by atomic mass is 16.5. The molecule has 1 fully saturated rings. The molecule has 0 bridgehead atoms. The van der Waals surface area contributed by atoms with Crippen LogP contribution in [0.4, 0.5) is 5.69 Å². The van der Waals surface area contributed by atoms with Crippen molar-refractivity contribution in [3.63, 3.8) is 0 Å². The number of methoxy groups -OCH3 is 2. The molecule has 9 heteroatoms. The lowest BCUT2D eigenvalue weighted by atomic mass is 10.1. The molecule has 1 saturated heterocycles. The molecule has 3 heterocycles. The number of hydrogen-bond donors (Lipinski definition) is 1. The Morgan fingerprint density at radius 3 is 2.85 bits per heavy atom. The van der Waals surface area contributed by atoms with Crippen LogP contribution >= 0.6 is 0 Å². The predicted octanol–water partition coefficient (Wildman–Crippen LogP) is 0.449. The molecule has 3 rings (SSSR count). The van der Waals surface area contributed by atoms with E-state index in [2.05, 4.69) is 20.3 Å². The molecule has 1 amide bonds. The molecule has 0 spiro atoms. The summed E-state index contributed by atoms with van der Waals surface area (Å²) in [4.78, 5) is 30.5. The maximum absolute atomic E-state index is 12.5. The molecule has 0 saturated carbocycles. The second-order valence-corrected chi connectivity index (χ2v) is 6.40. The first kappa shape index (κ1) is 18.7. The van der Waals surface area contributed by atoms with Gasteiger partial charge in [0, 0.05) is 38.8 Å². The molecule has 0 unspecified atom stereocenters. The van der Waals surface area contributed by atoms with Gasteiger partial charge in [0.1, 0.15) is 5.56 Å². The number of aryl methyl sites for hydroxylation is 1. The van der Waals surface area contributed by atoms with Crippen molar-refractivity contribution in [1.82, 2.24) is 20.1 Å². The third-order valence-electron chi connectivity index (χ3n) is 4.64. The SMILES string of the molecule is COc1ccc(C(=O)NC[C@H]2CCN(c3cnn(C)c(=O)c3)C2)c(OC)n1. The Morgan fingerprint density at radius 1 is 1.33 bits per heavy atom. The summed E-state index contributed by atoms with van der Waals surface area (Å²) < 4.78 is 11.5. The molecule has 1 N–H and O–H groups in total. The van der Waals surface area contributed by atoms with Gasteiger partial charge in [-0.1, -0.05) is 0 Å². The molecular weight excluding hydrogens is 350 g/mol. The number of nitrogens with zero attached hydrogens (tertiary/aromatic N) is 4. The standard InChI is InChI=1S/C18H23N5O4/c1-22-16(24)8-13(10-20-22)23-7-6-12(11-23)9-19-17(25)14-4-5-15(26-2)21-18(14)27-3/h4-5,8,10,12H,6-7,9,11H2,1-3H3,(H,19,25)/t12-/m1/s1. The van der Waals surface area contributed by atoms with Crippen molar-refractivity contribution in [2.45, 2.75) is 6.42 Å². The van der Waals surface area contributed by atoms with Gasteiger partial charge in [0.05, 0.1) is 26.1 Å². The van der Waals surface area contributed by atoms with Crippen molar-refractivity contribution in [3.05, 3.63) is 40.3 Å². The van der Waals surface area contributed by atoms with Gasteiger partial charge in [0.25, 0.3) is 11.5 Å². The molecule has 2 aromatic rings. The summed E-state index contributed by atoms with van der Waals surface area (Å²) in [7, 11) is 4.59. The van der Waals surface area contributed by atoms with Gasteiger partial charge >= 0.3 is 0 Å². The Labute approximate surface area is 156 Å². The third-order valence-corrected chi connectivity index (χ3v) is 4.64. The Kier molecular flexibility index (Phi) is 5.58. The molecule has 0 radical (unpaired) electrons. The lowest BCUT2D eigenvalue weighted by molar-refractivity contribution is 0.0944. The molecule has 0 aliphatic carbocycles. The van der Waals surface area contributed by atoms with E-state index in [1.807, 2.05) is 0 Å². The number of hydrogen-bond acceptors (Lipinski definition) is 7. The van der Waals surface area contributed by atoms with Crippen LogP contribution in [0.2, 0.25) is 0 Å². The molecule has 1 aliphatic heterocycles. The van der Waals surface area contributed by atoms with Gasteiger partial charge < -0.3 is 19.7 Å². The van der Waals surface area contributed by atoms with E-state index in [1.54, 1.807) is 31.4 Å². The highest BCUT2D eigenvalue weighted by Gasteiger charge is 2.24. The lowest BCUT2D eigenvalue weighted by Gasteiger charge is -2.18. The number of ether oxygens (including phenoxy) is 2. The summed E-state index contributed by atoms with van der Waals surface area (Å²) in [5.41, 5.74) is 1.04. The number of anilines is 1. The zero-order valence-corrected chi connectivity index (χ0v) is 15.6. The average molecular weight is 373 g/mol. The maximum Gasteiger partial charge on any atom is 0.268 e. The second kappa shape index (κ2) is 8.07. The topological polar surface area (TPSA) is 98.6 Å². The molecule has 2 aromatic heterocycles. The minimum Gasteiger partial charge on any atom is -0.481 e. The van der Waals surface area contributed by atoms with Gasteiger partial charge in [-0.05, 0) is 18.4 Å². The zero-order chi connectivity index (χ0) is 19.4. The Hall–Kier alpha value is -3.10. The average Bonchev–Trinajstić information content (AvgIpc) is 3.16. The Bertz CT molecular complexity index is 882. The van der Waals surface area contributed by atoms with Crippen molar-refractivity contribution >= 4 is 11.6 Å². The van der Waals surface area contributed by atoms with Crippen LogP contribution in [0, 0.1) is 5.92 Å². The summed E-state index contributed by atoms with van der Waals surface area (Å²) in [6.45, 7) is 2.11. The van der Waals surface area contributed by atoms with Gasteiger partial charge in [-0.3, -0.25) is 9.59 Å². The van der Waals surface area contributed by atoms with Crippen LogP contribution in [-0.2, 0) is 7.05 Å². The van der Waals surface area contributed by atoms with E-state index in [-0.39, 0.29) is 23.3 Å². The number of pyridine rings is 1. The fraction of sp³-hybridized carbons (Fsp3) is 0.444. The van der Waals surface area contributed by atoms with Gasteiger partial charge in [0.15, 0.2) is 0 Å². The van der Waals surface area contributed by atoms with Crippen molar-refractivity contribution in [1.29, 1.82) is 0 Å². The summed E-state index contributed by atoms with van der Waals surface area (Å²) in [5.74, 6) is 0.662. The normalized spacial score (nSPS) is 16.3. The summed E-state index contributed by atoms with van der Waals surface area (Å²) in [5, 5.41) is 6.99. The summed E-state index contributed by atoms with van der Waals surface area (Å²) in [6.07, 6.45) is 2.61. The number of amides is 1. The van der Waals surface area contributed by atoms with Crippen molar-refractivity contribution < 1.29 is 14.3 Å². The van der Waals surface area contributed by atoms with Crippen LogP contribution in [-0.4, -0.2) is 54.5 Å². The molecule has 27 heavy (non-hydrogen) atoms. The van der Waals surface area contributed by atoms with Gasteiger partial charge in [-0.25, -0.2) is 4.68 Å². The van der Waals surface area contributed by atoms with Crippen molar-refractivity contribution in [2.24, 2.45) is 13.0 Å². The van der Waals surface area contributed by atoms with Gasteiger partial charge in [0.2, 0.25) is 11.8 Å². The van der Waals surface area contributed by atoms with Crippen LogP contribution in [0.3, 0.4) is 0 Å². The molecule has 9 nitrogen and oxygen atoms in total. The van der Waals surface area contributed by atoms with Gasteiger partial charge in [-0.15, -0.1) is 0 Å². The van der Waals surface area contributed by atoms with Crippen molar-refractivity contribution in [3.8, 4) is 11.8 Å². The number of rotatable bonds is 6. The van der Waals surface area contributed by atoms with Gasteiger partial charge in [-0.2, -0.15) is 10.1 Å². The number of carbonyl (C=O) groups is 1. The Balaban J connectivity index is 1.58. The molecular formula is C18H23N5O4. The first-order valence-electron chi connectivity index (χ1n) is 8.67. The number of aromatic nitrogens is 3. The molecule has 1 aliphatic rings. The molecule has 1 atom stereocenters. The number of carbonyl (C=O) groups excluding carboxylic acids is 1. The Morgan fingerprint density at radius 2 is 2.15 bits per heavy atom. The fourth-order valence-electron chi connectivity index (χ4n) is 3.06. The largest absolute Gasteiger partial charge is 0.481 e. The first-order chi connectivity index (χ1) is 13.0. The van der Waals surface area contributed by atoms with Crippen LogP contribution < -0.4 is 25.2 Å². The fourth-order valence-corrected chi connectivity index (χ4v) is 3.06. The molecule has 144 valence electrons. The monoisotopic (exact) mass is 373 g/mol. The van der Waals surface area contributed by atoms with E-state index in [0.29, 0.717) is 18.0 Å². The van der Waals surface area contributed by atoms with Crippen LogP contribution in [0.1, 0.15) is 16.8 Å². The second-order valence-electron chi connectivity index (χ2n) is 6.40. The quantitative estimate of drug-likeness (QED) is 0.785. The van der Waals surface area contributed by atoms with Crippen LogP contribution in [0.25, 0.3) is 0 Å². The van der Waals surface area contributed by atoms with E-state index in [4.69, 9.17) is 9.47 Å². The maximum atomic E-state index is 12.5. The first-order valence-corrected chi connectivity index (χ1v) is 8.67. The van der Waals surface area contributed by atoms with E-state index in [9.17, 15) is 9.59 Å². The van der Waals surface area contributed by atoms with E-state index in [1.165, 1.54) is 18.9 Å². The van der Waals surface area contributed by atoms with E-state index >= 15 is 0 Å². The minimum absolute atomic E-state index is 0.136. The van der Waals surface area contributed by atoms with Crippen LogP contribution in [0.15, 0.2) is 29.2 Å². The van der Waals surface area contributed by atoms with E-state index < -0.39 is 0 Å². The lowest BCUT2D eigenvalue weighted by Crippen LogP contribution is -2.31.